The number of amides is 1. The maximum atomic E-state index is 12.2. The van der Waals surface area contributed by atoms with Crippen LogP contribution in [0.25, 0.3) is 0 Å². The Bertz CT molecular complexity index is 564. The number of likely N-dealkylation sites (tertiary alicyclic amines) is 1. The summed E-state index contributed by atoms with van der Waals surface area (Å²) in [6, 6.07) is 9.59. The second-order valence-corrected chi connectivity index (χ2v) is 6.60. The van der Waals surface area contributed by atoms with Crippen LogP contribution in [0.1, 0.15) is 32.1 Å². The lowest BCUT2D eigenvalue weighted by Gasteiger charge is -2.32. The highest BCUT2D eigenvalue weighted by atomic mass is 16.5. The summed E-state index contributed by atoms with van der Waals surface area (Å²) in [5.41, 5.74) is -0.0148. The lowest BCUT2D eigenvalue weighted by molar-refractivity contribution is -0.139. The van der Waals surface area contributed by atoms with Gasteiger partial charge in [0.25, 0.3) is 0 Å². The van der Waals surface area contributed by atoms with Gasteiger partial charge < -0.3 is 14.7 Å². The molecule has 5 heteroatoms. The minimum absolute atomic E-state index is 0.0148. The summed E-state index contributed by atoms with van der Waals surface area (Å²) in [5, 5.41) is 9.09. The minimum Gasteiger partial charge on any atom is -0.494 e. The van der Waals surface area contributed by atoms with Gasteiger partial charge >= 0.3 is 5.97 Å². The van der Waals surface area contributed by atoms with E-state index in [-0.39, 0.29) is 17.2 Å². The molecule has 0 bridgehead atoms. The lowest BCUT2D eigenvalue weighted by Crippen LogP contribution is -2.40. The molecule has 1 spiro atoms. The van der Waals surface area contributed by atoms with Crippen LogP contribution in [0.2, 0.25) is 0 Å². The second kappa shape index (κ2) is 6.60. The van der Waals surface area contributed by atoms with Crippen LogP contribution >= 0.6 is 0 Å². The number of nitrogens with zero attached hydrogens (tertiary/aromatic N) is 1. The standard InChI is InChI=1S/C18H23NO4/c20-16(7-4-12-23-14-5-2-1-3-6-14)19-10-8-18(9-11-19)13-15(18)17(21)22/h1-3,5-6,15H,4,7-13H2,(H,21,22)/t15-/m1/s1. The molecular formula is C18H23NO4. The van der Waals surface area contributed by atoms with Crippen molar-refractivity contribution in [2.75, 3.05) is 19.7 Å². The third kappa shape index (κ3) is 3.66. The van der Waals surface area contributed by atoms with E-state index in [1.54, 1.807) is 0 Å². The predicted octanol–water partition coefficient (Wildman–Crippen LogP) is 2.56. The van der Waals surface area contributed by atoms with Crippen molar-refractivity contribution in [2.24, 2.45) is 11.3 Å². The number of aliphatic carboxylic acids is 1. The Morgan fingerprint density at radius 3 is 2.52 bits per heavy atom. The molecule has 3 rings (SSSR count). The van der Waals surface area contributed by atoms with Crippen molar-refractivity contribution in [3.8, 4) is 5.75 Å². The van der Waals surface area contributed by atoms with Gasteiger partial charge in [-0.15, -0.1) is 0 Å². The first-order chi connectivity index (χ1) is 11.1. The van der Waals surface area contributed by atoms with Gasteiger partial charge in [0.1, 0.15) is 5.75 Å². The van der Waals surface area contributed by atoms with Gasteiger partial charge in [-0.05, 0) is 43.2 Å². The van der Waals surface area contributed by atoms with Crippen molar-refractivity contribution in [3.05, 3.63) is 30.3 Å². The molecule has 1 N–H and O–H groups in total. The van der Waals surface area contributed by atoms with Crippen molar-refractivity contribution >= 4 is 11.9 Å². The Kier molecular flexibility index (Phi) is 4.55. The number of carbonyl (C=O) groups is 2. The van der Waals surface area contributed by atoms with Crippen molar-refractivity contribution < 1.29 is 19.4 Å². The summed E-state index contributed by atoms with van der Waals surface area (Å²) in [5.74, 6) is 0.124. The largest absolute Gasteiger partial charge is 0.494 e. The summed E-state index contributed by atoms with van der Waals surface area (Å²) in [6.45, 7) is 1.93. The third-order valence-electron chi connectivity index (χ3n) is 5.15. The maximum Gasteiger partial charge on any atom is 0.307 e. The fourth-order valence-electron chi connectivity index (χ4n) is 3.54. The van der Waals surface area contributed by atoms with E-state index in [2.05, 4.69) is 0 Å². The Hall–Kier alpha value is -2.04. The van der Waals surface area contributed by atoms with E-state index in [9.17, 15) is 9.59 Å². The van der Waals surface area contributed by atoms with Crippen LogP contribution in [0.3, 0.4) is 0 Å². The summed E-state index contributed by atoms with van der Waals surface area (Å²) >= 11 is 0. The molecule has 1 aliphatic carbocycles. The molecule has 2 aliphatic rings. The SMILES string of the molecule is O=C(O)[C@H]1CC12CCN(C(=O)CCCOc1ccccc1)CC2. The van der Waals surface area contributed by atoms with Crippen LogP contribution < -0.4 is 4.74 Å². The highest BCUT2D eigenvalue weighted by Crippen LogP contribution is 2.59. The van der Waals surface area contributed by atoms with Gasteiger partial charge in [-0.2, -0.15) is 0 Å². The number of carboxylic acid groups (broad SMARTS) is 1. The predicted molar refractivity (Wildman–Crippen MR) is 85.2 cm³/mol. The highest BCUT2D eigenvalue weighted by Gasteiger charge is 2.59. The first-order valence-corrected chi connectivity index (χ1v) is 8.29. The monoisotopic (exact) mass is 317 g/mol. The van der Waals surface area contributed by atoms with Crippen LogP contribution in [-0.2, 0) is 9.59 Å². The van der Waals surface area contributed by atoms with Gasteiger partial charge in [0, 0.05) is 19.5 Å². The van der Waals surface area contributed by atoms with Crippen LogP contribution in [0, 0.1) is 11.3 Å². The zero-order valence-corrected chi connectivity index (χ0v) is 13.2. The normalized spacial score (nSPS) is 21.9. The number of carboxylic acids is 1. The van der Waals surface area contributed by atoms with Gasteiger partial charge in [-0.3, -0.25) is 9.59 Å². The maximum absolute atomic E-state index is 12.2. The smallest absolute Gasteiger partial charge is 0.307 e. The molecular weight excluding hydrogens is 294 g/mol. The molecule has 23 heavy (non-hydrogen) atoms. The lowest BCUT2D eigenvalue weighted by atomic mass is 9.90. The number of rotatable bonds is 6. The topological polar surface area (TPSA) is 66.8 Å². The zero-order valence-electron chi connectivity index (χ0n) is 13.2. The van der Waals surface area contributed by atoms with Crippen LogP contribution in [0.5, 0.6) is 5.75 Å². The third-order valence-corrected chi connectivity index (χ3v) is 5.15. The average molecular weight is 317 g/mol. The average Bonchev–Trinajstić information content (AvgIpc) is 3.27. The molecule has 0 aromatic heterocycles. The molecule has 1 aliphatic heterocycles. The zero-order chi connectivity index (χ0) is 16.3. The van der Waals surface area contributed by atoms with E-state index in [1.807, 2.05) is 35.2 Å². The molecule has 1 saturated heterocycles. The van der Waals surface area contributed by atoms with E-state index in [0.29, 0.717) is 32.5 Å². The number of hydrogen-bond acceptors (Lipinski definition) is 3. The molecule has 0 radical (unpaired) electrons. The molecule has 1 aromatic carbocycles. The van der Waals surface area contributed by atoms with Crippen molar-refractivity contribution in [3.63, 3.8) is 0 Å². The first-order valence-electron chi connectivity index (χ1n) is 8.29. The minimum atomic E-state index is -0.678. The van der Waals surface area contributed by atoms with Crippen molar-refractivity contribution in [1.82, 2.24) is 4.90 Å². The summed E-state index contributed by atoms with van der Waals surface area (Å²) < 4.78 is 5.59. The number of ether oxygens (including phenoxy) is 1. The number of carbonyl (C=O) groups excluding carboxylic acids is 1. The molecule has 124 valence electrons. The Morgan fingerprint density at radius 2 is 1.91 bits per heavy atom. The first kappa shape index (κ1) is 15.8. The Balaban J connectivity index is 1.35. The summed E-state index contributed by atoms with van der Waals surface area (Å²) in [6.07, 6.45) is 3.64. The molecule has 1 saturated carbocycles. The fraction of sp³-hybridized carbons (Fsp3) is 0.556. The van der Waals surface area contributed by atoms with Gasteiger partial charge in [-0.25, -0.2) is 0 Å². The van der Waals surface area contributed by atoms with Crippen molar-refractivity contribution in [2.45, 2.75) is 32.1 Å². The summed E-state index contributed by atoms with van der Waals surface area (Å²) in [4.78, 5) is 25.1. The molecule has 1 heterocycles. The highest BCUT2D eigenvalue weighted by molar-refractivity contribution is 5.77. The van der Waals surface area contributed by atoms with Crippen LogP contribution in [0.4, 0.5) is 0 Å². The molecule has 2 fully saturated rings. The molecule has 0 unspecified atom stereocenters. The fourth-order valence-corrected chi connectivity index (χ4v) is 3.54. The number of piperidine rings is 1. The molecule has 1 aromatic rings. The molecule has 1 atom stereocenters. The van der Waals surface area contributed by atoms with Gasteiger partial charge in [0.15, 0.2) is 0 Å². The van der Waals surface area contributed by atoms with Gasteiger partial charge in [-0.1, -0.05) is 18.2 Å². The van der Waals surface area contributed by atoms with E-state index in [4.69, 9.17) is 9.84 Å². The molecule has 5 nitrogen and oxygen atoms in total. The van der Waals surface area contributed by atoms with E-state index in [1.165, 1.54) is 0 Å². The number of para-hydroxylation sites is 1. The number of hydrogen-bond donors (Lipinski definition) is 1. The van der Waals surface area contributed by atoms with Crippen LogP contribution in [0.15, 0.2) is 30.3 Å². The van der Waals surface area contributed by atoms with E-state index in [0.717, 1.165) is 25.0 Å². The second-order valence-electron chi connectivity index (χ2n) is 6.60. The van der Waals surface area contributed by atoms with Crippen LogP contribution in [-0.4, -0.2) is 41.6 Å². The number of benzene rings is 1. The van der Waals surface area contributed by atoms with Crippen molar-refractivity contribution in [1.29, 1.82) is 0 Å². The van der Waals surface area contributed by atoms with E-state index < -0.39 is 5.97 Å². The Morgan fingerprint density at radius 1 is 1.22 bits per heavy atom. The molecule has 1 amide bonds. The quantitative estimate of drug-likeness (QED) is 0.819. The van der Waals surface area contributed by atoms with Gasteiger partial charge in [0.2, 0.25) is 5.91 Å². The summed E-state index contributed by atoms with van der Waals surface area (Å²) in [7, 11) is 0. The van der Waals surface area contributed by atoms with E-state index >= 15 is 0 Å². The van der Waals surface area contributed by atoms with Gasteiger partial charge in [0.05, 0.1) is 12.5 Å². The Labute approximate surface area is 136 Å².